The second-order valence-corrected chi connectivity index (χ2v) is 9.02. The van der Waals surface area contributed by atoms with Gasteiger partial charge in [0.25, 0.3) is 0 Å². The molecule has 0 aliphatic heterocycles. The Morgan fingerprint density at radius 3 is 2.74 bits per heavy atom. The molecule has 4 rings (SSSR count). The number of aromatic amines is 1. The number of ether oxygens (including phenoxy) is 2. The number of carbonyl (C=O) groups is 1. The predicted octanol–water partition coefficient (Wildman–Crippen LogP) is 3.70. The molecule has 0 bridgehead atoms. The molecular weight excluding hydrogens is 448 g/mol. The Bertz CT molecular complexity index is 1270. The van der Waals surface area contributed by atoms with Gasteiger partial charge in [-0.05, 0) is 51.0 Å². The van der Waals surface area contributed by atoms with Gasteiger partial charge in [0.05, 0.1) is 12.1 Å². The minimum Gasteiger partial charge on any atom is -0.444 e. The van der Waals surface area contributed by atoms with Crippen LogP contribution in [0.15, 0.2) is 36.7 Å². The lowest BCUT2D eigenvalue weighted by Crippen LogP contribution is -2.33. The maximum atomic E-state index is 11.6. The van der Waals surface area contributed by atoms with Crippen molar-refractivity contribution in [3.05, 3.63) is 36.7 Å². The standard InChI is InChI=1S/C24H30N8O3/c1-24(2,3)35-23(33)27-9-4-5-12-34-13-11-26-22-18-8-10-25-15-19(18)17-7-6-16(14-20(17)28-22)21-29-31-32-30-21/h6-8,10,14-15H,4-5,9,11-13H2,1-3H3,(H,26,28)(H,27,33)(H,29,30,31,32). The van der Waals surface area contributed by atoms with Gasteiger partial charge in [0.2, 0.25) is 5.82 Å². The van der Waals surface area contributed by atoms with Crippen LogP contribution in [0.4, 0.5) is 10.6 Å². The molecule has 3 heterocycles. The molecule has 0 aliphatic rings. The normalized spacial score (nSPS) is 11.6. The number of tetrazole rings is 1. The van der Waals surface area contributed by atoms with E-state index in [2.05, 4.69) is 36.2 Å². The fourth-order valence-corrected chi connectivity index (χ4v) is 3.58. The lowest BCUT2D eigenvalue weighted by Gasteiger charge is -2.19. The van der Waals surface area contributed by atoms with Gasteiger partial charge in [-0.15, -0.1) is 10.2 Å². The van der Waals surface area contributed by atoms with E-state index in [-0.39, 0.29) is 0 Å². The largest absolute Gasteiger partial charge is 0.444 e. The number of pyridine rings is 2. The van der Waals surface area contributed by atoms with E-state index < -0.39 is 11.7 Å². The molecule has 3 N–H and O–H groups in total. The van der Waals surface area contributed by atoms with Gasteiger partial charge < -0.3 is 20.1 Å². The van der Waals surface area contributed by atoms with E-state index in [1.54, 1.807) is 6.20 Å². The smallest absolute Gasteiger partial charge is 0.407 e. The maximum Gasteiger partial charge on any atom is 0.407 e. The Morgan fingerprint density at radius 1 is 1.06 bits per heavy atom. The third-order valence-electron chi connectivity index (χ3n) is 5.12. The van der Waals surface area contributed by atoms with Gasteiger partial charge in [0.15, 0.2) is 0 Å². The number of nitrogens with zero attached hydrogens (tertiary/aromatic N) is 5. The van der Waals surface area contributed by atoms with E-state index >= 15 is 0 Å². The van der Waals surface area contributed by atoms with Crippen molar-refractivity contribution in [2.45, 2.75) is 39.2 Å². The van der Waals surface area contributed by atoms with Crippen molar-refractivity contribution < 1.29 is 14.3 Å². The first-order valence-corrected chi connectivity index (χ1v) is 11.6. The van der Waals surface area contributed by atoms with Crippen LogP contribution in [-0.4, -0.2) is 68.6 Å². The van der Waals surface area contributed by atoms with Gasteiger partial charge in [-0.2, -0.15) is 5.21 Å². The molecule has 0 aliphatic carbocycles. The Labute approximate surface area is 203 Å². The zero-order valence-corrected chi connectivity index (χ0v) is 20.2. The van der Waals surface area contributed by atoms with E-state index in [9.17, 15) is 4.79 Å². The van der Waals surface area contributed by atoms with Gasteiger partial charge in [0.1, 0.15) is 11.4 Å². The highest BCUT2D eigenvalue weighted by molar-refractivity contribution is 6.10. The summed E-state index contributed by atoms with van der Waals surface area (Å²) in [6, 6.07) is 7.85. The lowest BCUT2D eigenvalue weighted by molar-refractivity contribution is 0.0524. The Balaban J connectivity index is 1.28. The first kappa shape index (κ1) is 24.3. The predicted molar refractivity (Wildman–Crippen MR) is 133 cm³/mol. The van der Waals surface area contributed by atoms with Crippen LogP contribution in [0.5, 0.6) is 0 Å². The molecule has 0 saturated heterocycles. The molecule has 11 nitrogen and oxygen atoms in total. The van der Waals surface area contributed by atoms with Crippen LogP contribution in [0.1, 0.15) is 33.6 Å². The summed E-state index contributed by atoms with van der Waals surface area (Å²) in [7, 11) is 0. The highest BCUT2D eigenvalue weighted by Crippen LogP contribution is 2.30. The van der Waals surface area contributed by atoms with Crippen LogP contribution in [-0.2, 0) is 9.47 Å². The summed E-state index contributed by atoms with van der Waals surface area (Å²) in [5.41, 5.74) is 1.16. The highest BCUT2D eigenvalue weighted by Gasteiger charge is 2.15. The van der Waals surface area contributed by atoms with Crippen molar-refractivity contribution in [1.82, 2.24) is 35.9 Å². The van der Waals surface area contributed by atoms with E-state index in [1.807, 2.05) is 51.2 Å². The number of unbranched alkanes of at least 4 members (excludes halogenated alkanes) is 1. The maximum absolute atomic E-state index is 11.6. The zero-order valence-electron chi connectivity index (χ0n) is 20.2. The Hall–Kier alpha value is -3.86. The van der Waals surface area contributed by atoms with Crippen molar-refractivity contribution in [2.75, 3.05) is 31.6 Å². The fourth-order valence-electron chi connectivity index (χ4n) is 3.58. The molecule has 0 spiro atoms. The topological polar surface area (TPSA) is 140 Å². The number of hydrogen-bond acceptors (Lipinski definition) is 9. The number of aromatic nitrogens is 6. The monoisotopic (exact) mass is 478 g/mol. The van der Waals surface area contributed by atoms with Crippen LogP contribution in [0.2, 0.25) is 0 Å². The molecule has 4 aromatic rings. The van der Waals surface area contributed by atoms with Gasteiger partial charge in [-0.1, -0.05) is 12.1 Å². The van der Waals surface area contributed by atoms with Gasteiger partial charge in [-0.25, -0.2) is 9.78 Å². The second kappa shape index (κ2) is 11.0. The second-order valence-electron chi connectivity index (χ2n) is 9.02. The Morgan fingerprint density at radius 2 is 1.94 bits per heavy atom. The van der Waals surface area contributed by atoms with Crippen LogP contribution in [0, 0.1) is 0 Å². The number of fused-ring (bicyclic) bond motifs is 3. The van der Waals surface area contributed by atoms with E-state index in [0.717, 1.165) is 45.9 Å². The molecule has 11 heteroatoms. The third-order valence-corrected chi connectivity index (χ3v) is 5.12. The summed E-state index contributed by atoms with van der Waals surface area (Å²) in [5.74, 6) is 1.29. The highest BCUT2D eigenvalue weighted by atomic mass is 16.6. The number of benzene rings is 1. The SMILES string of the molecule is CC(C)(C)OC(=O)NCCCCOCCNc1nc2cc(-c3nn[nH]n3)ccc2c2cnccc12. The molecule has 184 valence electrons. The Kier molecular flexibility index (Phi) is 7.66. The number of amides is 1. The molecule has 0 atom stereocenters. The van der Waals surface area contributed by atoms with E-state index in [0.29, 0.717) is 32.1 Å². The number of H-pyrrole nitrogens is 1. The van der Waals surface area contributed by atoms with E-state index in [1.165, 1.54) is 0 Å². The summed E-state index contributed by atoms with van der Waals surface area (Å²) < 4.78 is 10.9. The van der Waals surface area contributed by atoms with Gasteiger partial charge >= 0.3 is 6.09 Å². The van der Waals surface area contributed by atoms with Crippen LogP contribution in [0.25, 0.3) is 33.1 Å². The van der Waals surface area contributed by atoms with Crippen molar-refractivity contribution in [2.24, 2.45) is 0 Å². The molecule has 0 radical (unpaired) electrons. The number of alkyl carbamates (subject to hydrolysis) is 1. The third kappa shape index (κ3) is 6.60. The molecule has 0 saturated carbocycles. The van der Waals surface area contributed by atoms with Crippen molar-refractivity contribution in [3.63, 3.8) is 0 Å². The number of hydrogen-bond donors (Lipinski definition) is 3. The van der Waals surface area contributed by atoms with Gasteiger partial charge in [0, 0.05) is 53.8 Å². The van der Waals surface area contributed by atoms with Gasteiger partial charge in [-0.3, -0.25) is 4.98 Å². The first-order chi connectivity index (χ1) is 16.9. The van der Waals surface area contributed by atoms with E-state index in [4.69, 9.17) is 14.5 Å². The number of anilines is 1. The summed E-state index contributed by atoms with van der Waals surface area (Å²) in [6.45, 7) is 7.84. The summed E-state index contributed by atoms with van der Waals surface area (Å²) in [4.78, 5) is 20.8. The van der Waals surface area contributed by atoms with Crippen molar-refractivity contribution >= 4 is 33.6 Å². The molecule has 1 aromatic carbocycles. The lowest BCUT2D eigenvalue weighted by atomic mass is 10.1. The van der Waals surface area contributed by atoms with Crippen molar-refractivity contribution in [1.29, 1.82) is 0 Å². The summed E-state index contributed by atoms with van der Waals surface area (Å²) >= 11 is 0. The summed E-state index contributed by atoms with van der Waals surface area (Å²) in [6.07, 6.45) is 4.88. The molecule has 0 fully saturated rings. The average molecular weight is 479 g/mol. The number of carbonyl (C=O) groups excluding carboxylic acids is 1. The van der Waals surface area contributed by atoms with Crippen LogP contribution >= 0.6 is 0 Å². The average Bonchev–Trinajstić information content (AvgIpc) is 3.36. The van der Waals surface area contributed by atoms with Crippen LogP contribution < -0.4 is 10.6 Å². The molecule has 0 unspecified atom stereocenters. The minimum atomic E-state index is -0.488. The summed E-state index contributed by atoms with van der Waals surface area (Å²) in [5, 5.41) is 23.4. The van der Waals surface area contributed by atoms with Crippen LogP contribution in [0.3, 0.4) is 0 Å². The number of nitrogens with one attached hydrogen (secondary N) is 3. The number of rotatable bonds is 10. The zero-order chi connectivity index (χ0) is 24.7. The fraction of sp³-hybridized carbons (Fsp3) is 0.417. The first-order valence-electron chi connectivity index (χ1n) is 11.6. The molecule has 3 aromatic heterocycles. The molecule has 1 amide bonds. The minimum absolute atomic E-state index is 0.391. The molecular formula is C24H30N8O3. The molecule has 35 heavy (non-hydrogen) atoms. The van der Waals surface area contributed by atoms with Crippen molar-refractivity contribution in [3.8, 4) is 11.4 Å². The quantitative estimate of drug-likeness (QED) is 0.230.